The first kappa shape index (κ1) is 20.3. The largest absolute Gasteiger partial charge is 0.497 e. The Morgan fingerprint density at radius 2 is 1.74 bits per heavy atom. The number of rotatable bonds is 6. The van der Waals surface area contributed by atoms with Crippen molar-refractivity contribution in [1.82, 2.24) is 14.9 Å². The molecule has 1 amide bonds. The van der Waals surface area contributed by atoms with E-state index in [0.717, 1.165) is 16.9 Å². The summed E-state index contributed by atoms with van der Waals surface area (Å²) in [4.78, 5) is 29.8. The van der Waals surface area contributed by atoms with Crippen molar-refractivity contribution in [3.8, 4) is 5.75 Å². The summed E-state index contributed by atoms with van der Waals surface area (Å²) in [5, 5.41) is 2.92. The molecule has 1 N–H and O–H groups in total. The number of ether oxygens (including phenoxy) is 1. The SMILES string of the molecule is COc1ccc(CNC(=O)c2ccc3c(c2)nc(C)c(=O)n3Cc2ccccc2)cc1. The zero-order valence-corrected chi connectivity index (χ0v) is 17.5. The van der Waals surface area contributed by atoms with Gasteiger partial charge in [-0.1, -0.05) is 42.5 Å². The van der Waals surface area contributed by atoms with Crippen LogP contribution in [0.15, 0.2) is 77.6 Å². The van der Waals surface area contributed by atoms with Gasteiger partial charge in [0.05, 0.1) is 24.7 Å². The molecule has 0 aliphatic rings. The molecule has 3 aromatic carbocycles. The molecule has 4 aromatic rings. The van der Waals surface area contributed by atoms with Gasteiger partial charge in [-0.3, -0.25) is 9.59 Å². The third kappa shape index (κ3) is 4.48. The molecule has 6 heteroatoms. The Balaban J connectivity index is 1.59. The third-order valence-electron chi connectivity index (χ3n) is 5.17. The van der Waals surface area contributed by atoms with Gasteiger partial charge in [0.15, 0.2) is 0 Å². The number of fused-ring (bicyclic) bond motifs is 1. The Kier molecular flexibility index (Phi) is 5.80. The Bertz CT molecular complexity index is 1280. The van der Waals surface area contributed by atoms with Gasteiger partial charge in [0.25, 0.3) is 11.5 Å². The molecular formula is C25H23N3O3. The second-order valence-corrected chi connectivity index (χ2v) is 7.31. The Morgan fingerprint density at radius 1 is 1.00 bits per heavy atom. The molecule has 4 rings (SSSR count). The van der Waals surface area contributed by atoms with Crippen molar-refractivity contribution < 1.29 is 9.53 Å². The van der Waals surface area contributed by atoms with E-state index in [1.54, 1.807) is 36.8 Å². The van der Waals surface area contributed by atoms with Crippen LogP contribution in [-0.4, -0.2) is 22.6 Å². The van der Waals surface area contributed by atoms with Crippen LogP contribution >= 0.6 is 0 Å². The molecule has 0 aliphatic carbocycles. The van der Waals surface area contributed by atoms with E-state index in [-0.39, 0.29) is 11.5 Å². The summed E-state index contributed by atoms with van der Waals surface area (Å²) >= 11 is 0. The molecule has 1 heterocycles. The van der Waals surface area contributed by atoms with Crippen molar-refractivity contribution in [2.24, 2.45) is 0 Å². The van der Waals surface area contributed by atoms with Crippen LogP contribution in [0.2, 0.25) is 0 Å². The van der Waals surface area contributed by atoms with Crippen LogP contribution < -0.4 is 15.6 Å². The molecule has 1 aromatic heterocycles. The van der Waals surface area contributed by atoms with Crippen LogP contribution in [-0.2, 0) is 13.1 Å². The molecule has 0 radical (unpaired) electrons. The van der Waals surface area contributed by atoms with E-state index in [0.29, 0.717) is 35.4 Å². The predicted molar refractivity (Wildman–Crippen MR) is 120 cm³/mol. The quantitative estimate of drug-likeness (QED) is 0.523. The number of amides is 1. The molecule has 0 unspecified atom stereocenters. The summed E-state index contributed by atoms with van der Waals surface area (Å²) in [6.07, 6.45) is 0. The lowest BCUT2D eigenvalue weighted by Crippen LogP contribution is -2.25. The summed E-state index contributed by atoms with van der Waals surface area (Å²) in [6, 6.07) is 22.6. The van der Waals surface area contributed by atoms with Gasteiger partial charge in [0, 0.05) is 12.1 Å². The molecule has 156 valence electrons. The van der Waals surface area contributed by atoms with Crippen molar-refractivity contribution >= 4 is 16.9 Å². The van der Waals surface area contributed by atoms with Crippen molar-refractivity contribution in [3.63, 3.8) is 0 Å². The fourth-order valence-corrected chi connectivity index (χ4v) is 3.47. The van der Waals surface area contributed by atoms with Gasteiger partial charge in [-0.25, -0.2) is 4.98 Å². The molecule has 0 fully saturated rings. The van der Waals surface area contributed by atoms with E-state index in [9.17, 15) is 9.59 Å². The zero-order valence-electron chi connectivity index (χ0n) is 17.5. The smallest absolute Gasteiger partial charge is 0.272 e. The van der Waals surface area contributed by atoms with Crippen LogP contribution in [0.4, 0.5) is 0 Å². The average Bonchev–Trinajstić information content (AvgIpc) is 2.81. The normalized spacial score (nSPS) is 10.8. The van der Waals surface area contributed by atoms with Gasteiger partial charge in [-0.2, -0.15) is 0 Å². The summed E-state index contributed by atoms with van der Waals surface area (Å²) in [5.74, 6) is 0.575. The molecule has 0 bridgehead atoms. The van der Waals surface area contributed by atoms with E-state index in [2.05, 4.69) is 10.3 Å². The maximum atomic E-state index is 12.7. The van der Waals surface area contributed by atoms with Gasteiger partial charge in [0.1, 0.15) is 11.4 Å². The van der Waals surface area contributed by atoms with E-state index < -0.39 is 0 Å². The van der Waals surface area contributed by atoms with Gasteiger partial charge < -0.3 is 14.6 Å². The maximum Gasteiger partial charge on any atom is 0.272 e. The number of aromatic nitrogens is 2. The van der Waals surface area contributed by atoms with Crippen LogP contribution in [0.3, 0.4) is 0 Å². The van der Waals surface area contributed by atoms with Crippen LogP contribution in [0, 0.1) is 6.92 Å². The van der Waals surface area contributed by atoms with Crippen molar-refractivity contribution in [1.29, 1.82) is 0 Å². The summed E-state index contributed by atoms with van der Waals surface area (Å²) in [7, 11) is 1.62. The fourth-order valence-electron chi connectivity index (χ4n) is 3.47. The lowest BCUT2D eigenvalue weighted by atomic mass is 10.1. The number of nitrogens with one attached hydrogen (secondary N) is 1. The lowest BCUT2D eigenvalue weighted by molar-refractivity contribution is 0.0951. The van der Waals surface area contributed by atoms with Gasteiger partial charge >= 0.3 is 0 Å². The van der Waals surface area contributed by atoms with Gasteiger partial charge in [-0.15, -0.1) is 0 Å². The molecule has 0 spiro atoms. The minimum atomic E-state index is -0.196. The topological polar surface area (TPSA) is 73.2 Å². The first-order valence-corrected chi connectivity index (χ1v) is 10.0. The standard InChI is InChI=1S/C25H23N3O3/c1-17-25(30)28(16-19-6-4-3-5-7-19)23-13-10-20(14-22(23)27-17)24(29)26-15-18-8-11-21(31-2)12-9-18/h3-14H,15-16H2,1-2H3,(H,26,29). The summed E-state index contributed by atoms with van der Waals surface area (Å²) < 4.78 is 6.85. The fraction of sp³-hybridized carbons (Fsp3) is 0.160. The average molecular weight is 413 g/mol. The monoisotopic (exact) mass is 413 g/mol. The van der Waals surface area contributed by atoms with Crippen LogP contribution in [0.25, 0.3) is 11.0 Å². The van der Waals surface area contributed by atoms with Crippen LogP contribution in [0.5, 0.6) is 5.75 Å². The molecule has 6 nitrogen and oxygen atoms in total. The van der Waals surface area contributed by atoms with Crippen molar-refractivity contribution in [2.75, 3.05) is 7.11 Å². The second-order valence-electron chi connectivity index (χ2n) is 7.31. The van der Waals surface area contributed by atoms with Gasteiger partial charge in [-0.05, 0) is 48.4 Å². The Hall–Kier alpha value is -3.93. The van der Waals surface area contributed by atoms with Crippen molar-refractivity contribution in [3.05, 3.63) is 106 Å². The maximum absolute atomic E-state index is 12.7. The molecule has 0 aliphatic heterocycles. The number of carbonyl (C=O) groups is 1. The lowest BCUT2D eigenvalue weighted by Gasteiger charge is -2.12. The minimum Gasteiger partial charge on any atom is -0.497 e. The number of hydrogen-bond donors (Lipinski definition) is 1. The highest BCUT2D eigenvalue weighted by Gasteiger charge is 2.12. The number of benzene rings is 3. The Morgan fingerprint density at radius 3 is 2.45 bits per heavy atom. The number of methoxy groups -OCH3 is 1. The van der Waals surface area contributed by atoms with E-state index >= 15 is 0 Å². The number of carbonyl (C=O) groups excluding carboxylic acids is 1. The predicted octanol–water partition coefficient (Wildman–Crippen LogP) is 3.69. The number of aryl methyl sites for hydroxylation is 1. The van der Waals surface area contributed by atoms with E-state index in [4.69, 9.17) is 4.74 Å². The minimum absolute atomic E-state index is 0.131. The number of hydrogen-bond acceptors (Lipinski definition) is 4. The van der Waals surface area contributed by atoms with Crippen molar-refractivity contribution in [2.45, 2.75) is 20.0 Å². The van der Waals surface area contributed by atoms with Crippen LogP contribution in [0.1, 0.15) is 27.2 Å². The summed E-state index contributed by atoms with van der Waals surface area (Å²) in [5.41, 5.74) is 4.08. The molecular weight excluding hydrogens is 390 g/mol. The third-order valence-corrected chi connectivity index (χ3v) is 5.17. The number of nitrogens with zero attached hydrogens (tertiary/aromatic N) is 2. The first-order valence-electron chi connectivity index (χ1n) is 10.0. The second kappa shape index (κ2) is 8.83. The zero-order chi connectivity index (χ0) is 21.8. The first-order chi connectivity index (χ1) is 15.0. The highest BCUT2D eigenvalue weighted by atomic mass is 16.5. The molecule has 0 saturated carbocycles. The van der Waals surface area contributed by atoms with E-state index in [1.165, 1.54) is 0 Å². The van der Waals surface area contributed by atoms with E-state index in [1.807, 2.05) is 54.6 Å². The summed E-state index contributed by atoms with van der Waals surface area (Å²) in [6.45, 7) is 2.54. The molecule has 31 heavy (non-hydrogen) atoms. The molecule has 0 atom stereocenters. The van der Waals surface area contributed by atoms with Gasteiger partial charge in [0.2, 0.25) is 0 Å². The highest BCUT2D eigenvalue weighted by Crippen LogP contribution is 2.16. The Labute approximate surface area is 180 Å². The highest BCUT2D eigenvalue weighted by molar-refractivity contribution is 5.97. The molecule has 0 saturated heterocycles.